The monoisotopic (exact) mass is 553 g/mol. The van der Waals surface area contributed by atoms with Crippen molar-refractivity contribution in [1.82, 2.24) is 10.2 Å². The summed E-state index contributed by atoms with van der Waals surface area (Å²) in [4.78, 5) is 11.3. The van der Waals surface area contributed by atoms with Crippen LogP contribution in [-0.2, 0) is 0 Å². The van der Waals surface area contributed by atoms with E-state index in [4.69, 9.17) is 4.74 Å². The summed E-state index contributed by atoms with van der Waals surface area (Å²) < 4.78 is 19.4. The molecule has 2 fully saturated rings. The van der Waals surface area contributed by atoms with Crippen LogP contribution in [-0.4, -0.2) is 70.8 Å². The number of hydrogen-bond donors (Lipinski definition) is 1. The molecule has 0 aromatic heterocycles. The average Bonchev–Trinajstić information content (AvgIpc) is 3.29. The molecular weight excluding hydrogens is 520 g/mol. The minimum absolute atomic E-state index is 0. The zero-order chi connectivity index (χ0) is 21.6. The maximum absolute atomic E-state index is 14.1. The third-order valence-corrected chi connectivity index (χ3v) is 6.24. The first-order chi connectivity index (χ1) is 15.2. The van der Waals surface area contributed by atoms with Crippen LogP contribution in [0.3, 0.4) is 0 Å². The third kappa shape index (κ3) is 5.76. The Morgan fingerprint density at radius 2 is 1.84 bits per heavy atom. The lowest BCUT2D eigenvalue weighted by Crippen LogP contribution is -2.53. The number of nitrogens with one attached hydrogen (secondary N) is 1. The maximum Gasteiger partial charge on any atom is 0.193 e. The van der Waals surface area contributed by atoms with E-state index >= 15 is 0 Å². The molecule has 2 heterocycles. The minimum atomic E-state index is -0.153. The lowest BCUT2D eigenvalue weighted by atomic mass is 10.1. The Balaban J connectivity index is 0.00000289. The number of piperazine rings is 1. The molecule has 2 aromatic rings. The summed E-state index contributed by atoms with van der Waals surface area (Å²) in [5.74, 6) is 2.25. The minimum Gasteiger partial charge on any atom is -0.497 e. The van der Waals surface area contributed by atoms with E-state index in [1.165, 1.54) is 11.8 Å². The van der Waals surface area contributed by atoms with E-state index in [2.05, 4.69) is 37.1 Å². The number of methoxy groups -OCH3 is 1. The van der Waals surface area contributed by atoms with Crippen LogP contribution in [0, 0.1) is 11.7 Å². The zero-order valence-electron chi connectivity index (χ0n) is 18.8. The first-order valence-electron chi connectivity index (χ1n) is 11.0. The van der Waals surface area contributed by atoms with Crippen molar-refractivity contribution in [2.45, 2.75) is 6.42 Å². The topological polar surface area (TPSA) is 43.3 Å². The first-order valence-corrected chi connectivity index (χ1v) is 11.0. The van der Waals surface area contributed by atoms with E-state index in [1.807, 2.05) is 31.3 Å². The predicted octanol–water partition coefficient (Wildman–Crippen LogP) is 3.68. The molecule has 1 N–H and O–H groups in total. The summed E-state index contributed by atoms with van der Waals surface area (Å²) in [5, 5.41) is 3.57. The Bertz CT molecular complexity index is 903. The summed E-state index contributed by atoms with van der Waals surface area (Å²) in [5.41, 5.74) is 1.91. The van der Waals surface area contributed by atoms with Crippen molar-refractivity contribution < 1.29 is 9.13 Å². The van der Waals surface area contributed by atoms with Gasteiger partial charge in [0.05, 0.1) is 12.8 Å². The predicted molar refractivity (Wildman–Crippen MR) is 140 cm³/mol. The smallest absolute Gasteiger partial charge is 0.193 e. The van der Waals surface area contributed by atoms with Gasteiger partial charge in [0.25, 0.3) is 0 Å². The SMILES string of the molecule is CN=C(NCC1CCN(c2cccc(OC)c2)C1)N1CCN(c2ccccc2F)CC1.I. The fraction of sp³-hybridized carbons (Fsp3) is 0.458. The molecule has 8 heteroatoms. The normalized spacial score (nSPS) is 19.0. The van der Waals surface area contributed by atoms with Crippen LogP contribution in [0.25, 0.3) is 0 Å². The number of nitrogens with zero attached hydrogens (tertiary/aromatic N) is 4. The standard InChI is InChI=1S/C24H32FN5O.HI/c1-26-24(29-14-12-28(13-15-29)23-9-4-3-8-22(23)25)27-17-19-10-11-30(18-19)20-6-5-7-21(16-20)31-2;/h3-9,16,19H,10-15,17-18H2,1-2H3,(H,26,27);1H. The lowest BCUT2D eigenvalue weighted by Gasteiger charge is -2.38. The summed E-state index contributed by atoms with van der Waals surface area (Å²) in [6, 6.07) is 15.3. The second kappa shape index (κ2) is 11.6. The molecule has 0 bridgehead atoms. The van der Waals surface area contributed by atoms with Crippen LogP contribution >= 0.6 is 24.0 Å². The number of ether oxygens (including phenoxy) is 1. The van der Waals surface area contributed by atoms with Crippen LogP contribution in [0.2, 0.25) is 0 Å². The van der Waals surface area contributed by atoms with Crippen molar-refractivity contribution in [3.63, 3.8) is 0 Å². The second-order valence-corrected chi connectivity index (χ2v) is 8.16. The van der Waals surface area contributed by atoms with E-state index in [0.29, 0.717) is 11.6 Å². The molecule has 2 saturated heterocycles. The van der Waals surface area contributed by atoms with Crippen LogP contribution in [0.1, 0.15) is 6.42 Å². The first kappa shape index (κ1) is 24.4. The highest BCUT2D eigenvalue weighted by molar-refractivity contribution is 14.0. The molecule has 1 unspecified atom stereocenters. The van der Waals surface area contributed by atoms with Gasteiger partial charge in [-0.2, -0.15) is 0 Å². The van der Waals surface area contributed by atoms with E-state index in [9.17, 15) is 4.39 Å². The van der Waals surface area contributed by atoms with E-state index in [0.717, 1.165) is 63.9 Å². The molecule has 6 nitrogen and oxygen atoms in total. The number of guanidine groups is 1. The highest BCUT2D eigenvalue weighted by atomic mass is 127. The van der Waals surface area contributed by atoms with Crippen molar-refractivity contribution in [2.75, 3.05) is 69.8 Å². The van der Waals surface area contributed by atoms with Crippen LogP contribution in [0.15, 0.2) is 53.5 Å². The molecule has 174 valence electrons. The van der Waals surface area contributed by atoms with Crippen molar-refractivity contribution in [2.24, 2.45) is 10.9 Å². The summed E-state index contributed by atoms with van der Waals surface area (Å²) >= 11 is 0. The van der Waals surface area contributed by atoms with Gasteiger partial charge in [-0.05, 0) is 36.6 Å². The number of para-hydroxylation sites is 1. The van der Waals surface area contributed by atoms with Crippen LogP contribution < -0.4 is 19.9 Å². The molecule has 0 spiro atoms. The second-order valence-electron chi connectivity index (χ2n) is 8.16. The van der Waals surface area contributed by atoms with Crippen LogP contribution in [0.5, 0.6) is 5.75 Å². The van der Waals surface area contributed by atoms with Gasteiger partial charge in [0.1, 0.15) is 11.6 Å². The fourth-order valence-electron chi connectivity index (χ4n) is 4.48. The molecule has 1 atom stereocenters. The third-order valence-electron chi connectivity index (χ3n) is 6.24. The van der Waals surface area contributed by atoms with Crippen molar-refractivity contribution in [1.29, 1.82) is 0 Å². The van der Waals surface area contributed by atoms with Gasteiger partial charge in [0, 0.05) is 64.6 Å². The number of benzene rings is 2. The maximum atomic E-state index is 14.1. The van der Waals surface area contributed by atoms with Gasteiger partial charge in [-0.25, -0.2) is 4.39 Å². The zero-order valence-corrected chi connectivity index (χ0v) is 21.2. The molecule has 0 amide bonds. The Kier molecular flexibility index (Phi) is 8.84. The Morgan fingerprint density at radius 3 is 2.56 bits per heavy atom. The molecule has 2 aromatic carbocycles. The summed E-state index contributed by atoms with van der Waals surface area (Å²) in [6.07, 6.45) is 1.16. The average molecular weight is 553 g/mol. The molecular formula is C24H33FIN5O. The molecule has 2 aliphatic heterocycles. The molecule has 4 rings (SSSR count). The molecule has 32 heavy (non-hydrogen) atoms. The Morgan fingerprint density at radius 1 is 1.06 bits per heavy atom. The van der Waals surface area contributed by atoms with Gasteiger partial charge in [-0.15, -0.1) is 24.0 Å². The van der Waals surface area contributed by atoms with Gasteiger partial charge in [-0.3, -0.25) is 4.99 Å². The van der Waals surface area contributed by atoms with Gasteiger partial charge in [-0.1, -0.05) is 18.2 Å². The number of halogens is 2. The molecule has 0 aliphatic carbocycles. The van der Waals surface area contributed by atoms with Gasteiger partial charge in [0.2, 0.25) is 0 Å². The molecule has 0 saturated carbocycles. The van der Waals surface area contributed by atoms with Crippen molar-refractivity contribution in [3.8, 4) is 5.75 Å². The Labute approximate surface area is 207 Å². The van der Waals surface area contributed by atoms with E-state index < -0.39 is 0 Å². The Hall–Kier alpha value is -2.23. The highest BCUT2D eigenvalue weighted by Gasteiger charge is 2.25. The summed E-state index contributed by atoms with van der Waals surface area (Å²) in [7, 11) is 3.54. The lowest BCUT2D eigenvalue weighted by molar-refractivity contribution is 0.367. The quantitative estimate of drug-likeness (QED) is 0.348. The number of rotatable bonds is 5. The van der Waals surface area contributed by atoms with E-state index in [-0.39, 0.29) is 29.8 Å². The highest BCUT2D eigenvalue weighted by Crippen LogP contribution is 2.26. The van der Waals surface area contributed by atoms with Gasteiger partial charge < -0.3 is 24.8 Å². The largest absolute Gasteiger partial charge is 0.497 e. The van der Waals surface area contributed by atoms with Gasteiger partial charge >= 0.3 is 0 Å². The summed E-state index contributed by atoms with van der Waals surface area (Å²) in [6.45, 7) is 6.21. The molecule has 2 aliphatic rings. The van der Waals surface area contributed by atoms with Gasteiger partial charge in [0.15, 0.2) is 5.96 Å². The van der Waals surface area contributed by atoms with Crippen molar-refractivity contribution in [3.05, 3.63) is 54.3 Å². The van der Waals surface area contributed by atoms with E-state index in [1.54, 1.807) is 13.2 Å². The number of anilines is 2. The number of aliphatic imine (C=N–C) groups is 1. The fourth-order valence-corrected chi connectivity index (χ4v) is 4.48. The number of hydrogen-bond acceptors (Lipinski definition) is 4. The molecule has 0 radical (unpaired) electrons. The van der Waals surface area contributed by atoms with Crippen LogP contribution in [0.4, 0.5) is 15.8 Å². The van der Waals surface area contributed by atoms with Crippen molar-refractivity contribution >= 4 is 41.3 Å².